The molecule has 2 amide bonds. The van der Waals surface area contributed by atoms with E-state index < -0.39 is 0 Å². The van der Waals surface area contributed by atoms with Crippen LogP contribution < -0.4 is 11.1 Å². The minimum atomic E-state index is -0.0200. The Bertz CT molecular complexity index is 467. The highest BCUT2D eigenvalue weighted by molar-refractivity contribution is 5.89. The number of hydrogen-bond donors (Lipinski definition) is 2. The van der Waals surface area contributed by atoms with Crippen LogP contribution in [0, 0.1) is 5.92 Å². The molecular formula is C16H26N4O. The van der Waals surface area contributed by atoms with Crippen LogP contribution in [0.25, 0.3) is 0 Å². The van der Waals surface area contributed by atoms with Crippen LogP contribution >= 0.6 is 0 Å². The van der Waals surface area contributed by atoms with Crippen molar-refractivity contribution in [2.24, 2.45) is 11.7 Å². The van der Waals surface area contributed by atoms with Crippen molar-refractivity contribution in [1.29, 1.82) is 0 Å². The molecule has 0 aliphatic carbocycles. The van der Waals surface area contributed by atoms with Crippen LogP contribution in [0.4, 0.5) is 10.5 Å². The standard InChI is InChI=1S/C16H26N4O/c1-13(2)12-19-6-8-20(9-7-19)16(21)18-15-5-3-4-14(10-15)11-17/h3-5,10,13H,6-9,11-12,17H2,1-2H3,(H,18,21). The lowest BCUT2D eigenvalue weighted by Crippen LogP contribution is -2.50. The largest absolute Gasteiger partial charge is 0.326 e. The highest BCUT2D eigenvalue weighted by Crippen LogP contribution is 2.12. The van der Waals surface area contributed by atoms with Gasteiger partial charge in [0, 0.05) is 45.0 Å². The molecule has 0 atom stereocenters. The summed E-state index contributed by atoms with van der Waals surface area (Å²) in [7, 11) is 0. The summed E-state index contributed by atoms with van der Waals surface area (Å²) in [6.07, 6.45) is 0. The molecule has 2 rings (SSSR count). The van der Waals surface area contributed by atoms with E-state index in [9.17, 15) is 4.79 Å². The number of anilines is 1. The fourth-order valence-electron chi connectivity index (χ4n) is 2.63. The normalized spacial score (nSPS) is 16.3. The van der Waals surface area contributed by atoms with Crippen molar-refractivity contribution in [1.82, 2.24) is 9.80 Å². The minimum Gasteiger partial charge on any atom is -0.326 e. The van der Waals surface area contributed by atoms with E-state index >= 15 is 0 Å². The van der Waals surface area contributed by atoms with Crippen molar-refractivity contribution in [2.45, 2.75) is 20.4 Å². The Morgan fingerprint density at radius 1 is 1.29 bits per heavy atom. The summed E-state index contributed by atoms with van der Waals surface area (Å²) in [6.45, 7) is 9.52. The Kier molecular flexibility index (Phi) is 5.59. The summed E-state index contributed by atoms with van der Waals surface area (Å²) >= 11 is 0. The lowest BCUT2D eigenvalue weighted by Gasteiger charge is -2.35. The second kappa shape index (κ2) is 7.43. The maximum Gasteiger partial charge on any atom is 0.321 e. The van der Waals surface area contributed by atoms with E-state index in [1.165, 1.54) is 0 Å². The van der Waals surface area contributed by atoms with Crippen molar-refractivity contribution in [3.05, 3.63) is 29.8 Å². The Morgan fingerprint density at radius 3 is 2.62 bits per heavy atom. The first-order chi connectivity index (χ1) is 10.1. The second-order valence-electron chi connectivity index (χ2n) is 6.02. The fourth-order valence-corrected chi connectivity index (χ4v) is 2.63. The zero-order valence-electron chi connectivity index (χ0n) is 13.0. The van der Waals surface area contributed by atoms with Gasteiger partial charge in [-0.25, -0.2) is 4.79 Å². The summed E-state index contributed by atoms with van der Waals surface area (Å²) in [5.41, 5.74) is 7.45. The highest BCUT2D eigenvalue weighted by atomic mass is 16.2. The lowest BCUT2D eigenvalue weighted by molar-refractivity contribution is 0.138. The number of benzene rings is 1. The summed E-state index contributed by atoms with van der Waals surface area (Å²) < 4.78 is 0. The third-order valence-electron chi connectivity index (χ3n) is 3.70. The minimum absolute atomic E-state index is 0.0200. The summed E-state index contributed by atoms with van der Waals surface area (Å²) in [6, 6.07) is 7.67. The van der Waals surface area contributed by atoms with Gasteiger partial charge in [-0.05, 0) is 23.6 Å². The Hall–Kier alpha value is -1.59. The van der Waals surface area contributed by atoms with Gasteiger partial charge in [-0.2, -0.15) is 0 Å². The SMILES string of the molecule is CC(C)CN1CCN(C(=O)Nc2cccc(CN)c2)CC1. The number of nitrogens with two attached hydrogens (primary N) is 1. The van der Waals surface area contributed by atoms with Gasteiger partial charge in [-0.3, -0.25) is 4.90 Å². The zero-order valence-corrected chi connectivity index (χ0v) is 13.0. The van der Waals surface area contributed by atoms with Gasteiger partial charge in [-0.15, -0.1) is 0 Å². The molecule has 1 aromatic carbocycles. The third-order valence-corrected chi connectivity index (χ3v) is 3.70. The van der Waals surface area contributed by atoms with Gasteiger partial charge in [0.1, 0.15) is 0 Å². The lowest BCUT2D eigenvalue weighted by atomic mass is 10.2. The number of urea groups is 1. The first kappa shape index (κ1) is 15.8. The molecule has 0 saturated carbocycles. The van der Waals surface area contributed by atoms with Gasteiger partial charge in [0.05, 0.1) is 0 Å². The molecule has 0 spiro atoms. The van der Waals surface area contributed by atoms with Crippen LogP contribution in [0.1, 0.15) is 19.4 Å². The molecule has 5 heteroatoms. The maximum absolute atomic E-state index is 12.3. The van der Waals surface area contributed by atoms with Crippen LogP contribution in [0.3, 0.4) is 0 Å². The maximum atomic E-state index is 12.3. The van der Waals surface area contributed by atoms with Crippen LogP contribution in [-0.2, 0) is 6.54 Å². The van der Waals surface area contributed by atoms with Gasteiger partial charge in [0.2, 0.25) is 0 Å². The van der Waals surface area contributed by atoms with Crippen LogP contribution in [0.2, 0.25) is 0 Å². The number of carbonyl (C=O) groups excluding carboxylic acids is 1. The molecule has 5 nitrogen and oxygen atoms in total. The van der Waals surface area contributed by atoms with E-state index in [4.69, 9.17) is 5.73 Å². The molecule has 1 saturated heterocycles. The molecule has 1 aliphatic heterocycles. The monoisotopic (exact) mass is 290 g/mol. The average molecular weight is 290 g/mol. The molecule has 1 heterocycles. The van der Waals surface area contributed by atoms with Gasteiger partial charge in [0.15, 0.2) is 0 Å². The Labute approximate surface area is 127 Å². The highest BCUT2D eigenvalue weighted by Gasteiger charge is 2.21. The molecule has 116 valence electrons. The number of nitrogens with zero attached hydrogens (tertiary/aromatic N) is 2. The predicted molar refractivity (Wildman–Crippen MR) is 86.2 cm³/mol. The molecule has 0 aromatic heterocycles. The smallest absolute Gasteiger partial charge is 0.321 e. The van der Waals surface area contributed by atoms with Crippen molar-refractivity contribution < 1.29 is 4.79 Å². The van der Waals surface area contributed by atoms with Crippen molar-refractivity contribution in [3.63, 3.8) is 0 Å². The molecule has 21 heavy (non-hydrogen) atoms. The first-order valence-corrected chi connectivity index (χ1v) is 7.65. The summed E-state index contributed by atoms with van der Waals surface area (Å²) in [5.74, 6) is 0.671. The molecule has 0 bridgehead atoms. The fraction of sp³-hybridized carbons (Fsp3) is 0.562. The first-order valence-electron chi connectivity index (χ1n) is 7.65. The van der Waals surface area contributed by atoms with Gasteiger partial charge < -0.3 is 16.0 Å². The average Bonchev–Trinajstić information content (AvgIpc) is 2.47. The van der Waals surface area contributed by atoms with Crippen LogP contribution in [0.5, 0.6) is 0 Å². The molecule has 3 N–H and O–H groups in total. The van der Waals surface area contributed by atoms with E-state index in [0.717, 1.165) is 44.0 Å². The molecule has 1 aliphatic rings. The quantitative estimate of drug-likeness (QED) is 0.891. The van der Waals surface area contributed by atoms with E-state index in [-0.39, 0.29) is 6.03 Å². The van der Waals surface area contributed by atoms with E-state index in [2.05, 4.69) is 24.1 Å². The van der Waals surface area contributed by atoms with E-state index in [1.54, 1.807) is 0 Å². The topological polar surface area (TPSA) is 61.6 Å². The number of amides is 2. The molecule has 0 unspecified atom stereocenters. The third kappa shape index (κ3) is 4.72. The van der Waals surface area contributed by atoms with Gasteiger partial charge in [-0.1, -0.05) is 26.0 Å². The number of nitrogens with one attached hydrogen (secondary N) is 1. The second-order valence-corrected chi connectivity index (χ2v) is 6.02. The number of piperazine rings is 1. The van der Waals surface area contributed by atoms with Crippen molar-refractivity contribution >= 4 is 11.7 Å². The Balaban J connectivity index is 1.84. The van der Waals surface area contributed by atoms with Crippen LogP contribution in [0.15, 0.2) is 24.3 Å². The molecular weight excluding hydrogens is 264 g/mol. The molecule has 0 radical (unpaired) electrons. The van der Waals surface area contributed by atoms with Crippen molar-refractivity contribution in [2.75, 3.05) is 38.0 Å². The van der Waals surface area contributed by atoms with Crippen LogP contribution in [-0.4, -0.2) is 48.6 Å². The summed E-state index contributed by atoms with van der Waals surface area (Å²) in [4.78, 5) is 16.6. The number of hydrogen-bond acceptors (Lipinski definition) is 3. The predicted octanol–water partition coefficient (Wildman–Crippen LogP) is 1.95. The van der Waals surface area contributed by atoms with Crippen molar-refractivity contribution in [3.8, 4) is 0 Å². The molecule has 1 fully saturated rings. The van der Waals surface area contributed by atoms with E-state index in [0.29, 0.717) is 12.5 Å². The van der Waals surface area contributed by atoms with Gasteiger partial charge >= 0.3 is 6.03 Å². The van der Waals surface area contributed by atoms with E-state index in [1.807, 2.05) is 29.2 Å². The number of rotatable bonds is 4. The Morgan fingerprint density at radius 2 is 2.00 bits per heavy atom. The zero-order chi connectivity index (χ0) is 15.2. The van der Waals surface area contributed by atoms with Gasteiger partial charge in [0.25, 0.3) is 0 Å². The molecule has 1 aromatic rings. The number of carbonyl (C=O) groups is 1. The summed E-state index contributed by atoms with van der Waals surface area (Å²) in [5, 5.41) is 2.95.